The van der Waals surface area contributed by atoms with Crippen LogP contribution in [0.1, 0.15) is 444 Å². The zero-order valence-electron chi connectivity index (χ0n) is 56.7. The maximum absolute atomic E-state index is 12.4. The number of hydrogen-bond acceptors (Lipinski definition) is 5. The lowest BCUT2D eigenvalue weighted by molar-refractivity contribution is -0.143. The number of nitrogens with one attached hydrogen (secondary N) is 1. The van der Waals surface area contributed by atoms with Crippen LogP contribution < -0.4 is 5.32 Å². The highest BCUT2D eigenvalue weighted by Crippen LogP contribution is 2.20. The lowest BCUT2D eigenvalue weighted by Gasteiger charge is -2.20. The molecule has 0 bridgehead atoms. The van der Waals surface area contributed by atoms with Gasteiger partial charge in [-0.2, -0.15) is 0 Å². The summed E-state index contributed by atoms with van der Waals surface area (Å²) in [5, 5.41) is 23.0. The summed E-state index contributed by atoms with van der Waals surface area (Å²) in [6.45, 7) is 4.93. The Morgan fingerprint density at radius 3 is 0.819 bits per heavy atom. The van der Waals surface area contributed by atoms with Crippen molar-refractivity contribution >= 4 is 11.9 Å². The molecule has 0 heterocycles. The summed E-state index contributed by atoms with van der Waals surface area (Å²) in [5.41, 5.74) is 0. The average Bonchev–Trinajstić information content (AvgIpc) is 3.48. The molecule has 3 N–H and O–H groups in total. The number of allylic oxidation sites excluding steroid dienone is 1. The van der Waals surface area contributed by atoms with E-state index >= 15 is 0 Å². The molecule has 0 fully saturated rings. The molecule has 6 heteroatoms. The van der Waals surface area contributed by atoms with Gasteiger partial charge in [-0.15, -0.1) is 0 Å². The van der Waals surface area contributed by atoms with Gasteiger partial charge in [0.2, 0.25) is 5.91 Å². The number of carbonyl (C=O) groups excluding carboxylic acids is 2. The van der Waals surface area contributed by atoms with Crippen molar-refractivity contribution < 1.29 is 24.5 Å². The Hall–Kier alpha value is -1.40. The van der Waals surface area contributed by atoms with E-state index in [0.29, 0.717) is 19.4 Å². The normalized spacial score (nSPS) is 12.5. The van der Waals surface area contributed by atoms with Crippen LogP contribution in [-0.4, -0.2) is 47.4 Å². The molecule has 6 nitrogen and oxygen atoms in total. The Morgan fingerprint density at radius 1 is 0.325 bits per heavy atom. The Balaban J connectivity index is 3.25. The predicted octanol–water partition coefficient (Wildman–Crippen LogP) is 25.1. The fraction of sp³-hybridized carbons (Fsp3) is 0.948. The van der Waals surface area contributed by atoms with Gasteiger partial charge in [0, 0.05) is 12.8 Å². The summed E-state index contributed by atoms with van der Waals surface area (Å²) in [6, 6.07) is -0.620. The van der Waals surface area contributed by atoms with Crippen molar-refractivity contribution in [3.8, 4) is 0 Å². The van der Waals surface area contributed by atoms with Crippen molar-refractivity contribution in [1.29, 1.82) is 0 Å². The monoisotopic (exact) mass is 1170 g/mol. The number of aliphatic hydroxyl groups excluding tert-OH is 2. The second-order valence-corrected chi connectivity index (χ2v) is 26.7. The SMILES string of the molecule is CCCCCCCCCC/C=C/C(O)C(CO)NC(=O)CCCCCCCCCCCCCCCCCCCCCCCCCCCCCCCCCCCCCCCCCOC(=O)CCCCCCCCCCCCCCCCCCC. The standard InChI is InChI=1S/C77H151NO5/c1-3-5-7-9-11-13-15-16-17-41-45-48-51-55-59-63-67-71-77(82)83-72-68-64-60-56-52-49-46-43-40-38-36-34-32-30-28-26-24-22-20-18-19-21-23-25-27-29-31-33-35-37-39-42-44-47-50-54-58-62-66-70-76(81)78-74(73-79)75(80)69-65-61-57-53-14-12-10-8-6-4-2/h65,69,74-75,79-80H,3-64,66-68,70-73H2,1-2H3,(H,78,81)/b69-65+. The first-order valence-corrected chi connectivity index (χ1v) is 38.5. The molecule has 494 valence electrons. The number of aliphatic hydroxyl groups is 2. The van der Waals surface area contributed by atoms with E-state index in [0.717, 1.165) is 38.5 Å². The summed E-state index contributed by atoms with van der Waals surface area (Å²) in [4.78, 5) is 24.5. The summed E-state index contributed by atoms with van der Waals surface area (Å²) in [5.74, 6) is -0.0327. The minimum atomic E-state index is -0.837. The molecular weight excluding hydrogens is 1020 g/mol. The first-order valence-electron chi connectivity index (χ1n) is 38.5. The highest BCUT2D eigenvalue weighted by molar-refractivity contribution is 5.76. The summed E-state index contributed by atoms with van der Waals surface area (Å²) in [6.07, 6.45) is 92.1. The molecule has 0 saturated heterocycles. The van der Waals surface area contributed by atoms with E-state index in [1.54, 1.807) is 6.08 Å². The van der Waals surface area contributed by atoms with Crippen molar-refractivity contribution in [3.63, 3.8) is 0 Å². The fourth-order valence-corrected chi connectivity index (χ4v) is 12.5. The van der Waals surface area contributed by atoms with Crippen LogP contribution in [0, 0.1) is 0 Å². The van der Waals surface area contributed by atoms with Crippen molar-refractivity contribution in [2.24, 2.45) is 0 Å². The number of carbonyl (C=O) groups is 2. The molecule has 0 aliphatic carbocycles. The van der Waals surface area contributed by atoms with E-state index in [-0.39, 0.29) is 18.5 Å². The summed E-state index contributed by atoms with van der Waals surface area (Å²) in [7, 11) is 0. The van der Waals surface area contributed by atoms with Crippen LogP contribution in [0.25, 0.3) is 0 Å². The first-order chi connectivity index (χ1) is 41.0. The smallest absolute Gasteiger partial charge is 0.305 e. The fourth-order valence-electron chi connectivity index (χ4n) is 12.5. The van der Waals surface area contributed by atoms with Crippen LogP contribution in [0.15, 0.2) is 12.2 Å². The molecule has 2 unspecified atom stereocenters. The second kappa shape index (κ2) is 73.1. The van der Waals surface area contributed by atoms with E-state index in [1.807, 2.05) is 6.08 Å². The van der Waals surface area contributed by atoms with Crippen LogP contribution >= 0.6 is 0 Å². The minimum Gasteiger partial charge on any atom is -0.466 e. The van der Waals surface area contributed by atoms with E-state index in [9.17, 15) is 19.8 Å². The van der Waals surface area contributed by atoms with Gasteiger partial charge in [-0.25, -0.2) is 0 Å². The Morgan fingerprint density at radius 2 is 0.554 bits per heavy atom. The first kappa shape index (κ1) is 81.6. The number of rotatable bonds is 73. The molecular formula is C77H151NO5. The van der Waals surface area contributed by atoms with Crippen LogP contribution in [0.4, 0.5) is 0 Å². The van der Waals surface area contributed by atoms with Gasteiger partial charge in [-0.3, -0.25) is 9.59 Å². The summed E-state index contributed by atoms with van der Waals surface area (Å²) < 4.78 is 5.52. The lowest BCUT2D eigenvalue weighted by atomic mass is 10.0. The summed E-state index contributed by atoms with van der Waals surface area (Å²) >= 11 is 0. The highest BCUT2D eigenvalue weighted by atomic mass is 16.5. The zero-order chi connectivity index (χ0) is 59.9. The second-order valence-electron chi connectivity index (χ2n) is 26.7. The molecule has 83 heavy (non-hydrogen) atoms. The molecule has 0 aromatic carbocycles. The topological polar surface area (TPSA) is 95.9 Å². The van der Waals surface area contributed by atoms with Gasteiger partial charge in [0.1, 0.15) is 0 Å². The van der Waals surface area contributed by atoms with E-state index in [4.69, 9.17) is 4.74 Å². The Labute approximate surface area is 520 Å². The van der Waals surface area contributed by atoms with Crippen LogP contribution in [0.2, 0.25) is 0 Å². The molecule has 0 spiro atoms. The van der Waals surface area contributed by atoms with Crippen LogP contribution in [0.3, 0.4) is 0 Å². The van der Waals surface area contributed by atoms with E-state index < -0.39 is 12.1 Å². The van der Waals surface area contributed by atoms with Crippen molar-refractivity contribution in [3.05, 3.63) is 12.2 Å². The maximum atomic E-state index is 12.4. The van der Waals surface area contributed by atoms with Crippen LogP contribution in [0.5, 0.6) is 0 Å². The quantitative estimate of drug-likeness (QED) is 0.0320. The molecule has 2 atom stereocenters. The lowest BCUT2D eigenvalue weighted by Crippen LogP contribution is -2.45. The van der Waals surface area contributed by atoms with Gasteiger partial charge in [0.25, 0.3) is 0 Å². The molecule has 0 aromatic rings. The van der Waals surface area contributed by atoms with Gasteiger partial charge < -0.3 is 20.3 Å². The zero-order valence-corrected chi connectivity index (χ0v) is 56.7. The van der Waals surface area contributed by atoms with Crippen LogP contribution in [-0.2, 0) is 14.3 Å². The third-order valence-electron chi connectivity index (χ3n) is 18.3. The third-order valence-corrected chi connectivity index (χ3v) is 18.3. The van der Waals surface area contributed by atoms with Gasteiger partial charge in [0.05, 0.1) is 25.4 Å². The number of esters is 1. The number of hydrogen-bond donors (Lipinski definition) is 3. The molecule has 1 amide bonds. The molecule has 0 aliphatic rings. The molecule has 0 radical (unpaired) electrons. The molecule has 0 saturated carbocycles. The van der Waals surface area contributed by atoms with Crippen molar-refractivity contribution in [2.45, 2.75) is 456 Å². The predicted molar refractivity (Wildman–Crippen MR) is 366 cm³/mol. The minimum absolute atomic E-state index is 0.0288. The Kier molecular flexibility index (Phi) is 71.8. The number of ether oxygens (including phenoxy) is 1. The number of unbranched alkanes of at least 4 members (excludes halogenated alkanes) is 62. The number of amides is 1. The van der Waals surface area contributed by atoms with Crippen molar-refractivity contribution in [1.82, 2.24) is 5.32 Å². The average molecular weight is 1170 g/mol. The van der Waals surface area contributed by atoms with Gasteiger partial charge in [-0.05, 0) is 32.1 Å². The van der Waals surface area contributed by atoms with Gasteiger partial charge in [0.15, 0.2) is 0 Å². The van der Waals surface area contributed by atoms with E-state index in [2.05, 4.69) is 19.2 Å². The third kappa shape index (κ3) is 69.6. The van der Waals surface area contributed by atoms with Gasteiger partial charge in [-0.1, -0.05) is 411 Å². The Bertz CT molecular complexity index is 1260. The molecule has 0 rings (SSSR count). The van der Waals surface area contributed by atoms with Crippen molar-refractivity contribution in [2.75, 3.05) is 13.2 Å². The molecule has 0 aromatic heterocycles. The highest BCUT2D eigenvalue weighted by Gasteiger charge is 2.18. The van der Waals surface area contributed by atoms with Gasteiger partial charge >= 0.3 is 5.97 Å². The molecule has 0 aliphatic heterocycles. The largest absolute Gasteiger partial charge is 0.466 e. The van der Waals surface area contributed by atoms with E-state index in [1.165, 1.54) is 379 Å². The maximum Gasteiger partial charge on any atom is 0.305 e.